The van der Waals surface area contributed by atoms with Gasteiger partial charge in [0.1, 0.15) is 5.84 Å². The number of rotatable bonds is 5. The van der Waals surface area contributed by atoms with Crippen molar-refractivity contribution in [3.8, 4) is 0 Å². The van der Waals surface area contributed by atoms with Crippen molar-refractivity contribution in [3.63, 3.8) is 0 Å². The highest BCUT2D eigenvalue weighted by Gasteiger charge is 2.23. The maximum Gasteiger partial charge on any atom is 0.279 e. The molecule has 0 bridgehead atoms. The number of nitrogens with zero attached hydrogens (tertiary/aromatic N) is 1. The zero-order chi connectivity index (χ0) is 14.6. The van der Waals surface area contributed by atoms with Crippen molar-refractivity contribution in [1.82, 2.24) is 9.03 Å². The predicted molar refractivity (Wildman–Crippen MR) is 78.6 cm³/mol. The van der Waals surface area contributed by atoms with E-state index in [0.717, 1.165) is 24.8 Å². The number of piperidine rings is 1. The molecule has 1 fully saturated rings. The number of hydrogen-bond donors (Lipinski definition) is 3. The maximum atomic E-state index is 12.1. The molecule has 0 radical (unpaired) electrons. The lowest BCUT2D eigenvalue weighted by atomic mass is 10.1. The molecule has 0 unspecified atom stereocenters. The first-order valence-corrected chi connectivity index (χ1v) is 8.11. The molecule has 1 aromatic rings. The number of nitrogens with two attached hydrogens (primary N) is 1. The summed E-state index contributed by atoms with van der Waals surface area (Å²) in [6.07, 6.45) is 2.92. The molecule has 0 spiro atoms. The predicted octanol–water partition coefficient (Wildman–Crippen LogP) is 0.791. The fourth-order valence-corrected chi connectivity index (χ4v) is 3.49. The van der Waals surface area contributed by atoms with Crippen LogP contribution in [0.15, 0.2) is 24.3 Å². The third-order valence-electron chi connectivity index (χ3n) is 3.35. The largest absolute Gasteiger partial charge is 0.384 e. The van der Waals surface area contributed by atoms with Gasteiger partial charge in [0, 0.05) is 25.2 Å². The highest BCUT2D eigenvalue weighted by Crippen LogP contribution is 2.12. The fraction of sp³-hybridized carbons (Fsp3) is 0.462. The summed E-state index contributed by atoms with van der Waals surface area (Å²) in [6, 6.07) is 7.03. The van der Waals surface area contributed by atoms with Crippen LogP contribution in [0.3, 0.4) is 0 Å². The zero-order valence-electron chi connectivity index (χ0n) is 11.3. The van der Waals surface area contributed by atoms with Gasteiger partial charge < -0.3 is 5.73 Å². The molecule has 1 aliphatic rings. The van der Waals surface area contributed by atoms with Gasteiger partial charge in [0.05, 0.1) is 0 Å². The third-order valence-corrected chi connectivity index (χ3v) is 4.91. The van der Waals surface area contributed by atoms with Gasteiger partial charge >= 0.3 is 0 Å². The normalized spacial score (nSPS) is 17.0. The second-order valence-corrected chi connectivity index (χ2v) is 6.66. The Morgan fingerprint density at radius 2 is 2.00 bits per heavy atom. The molecule has 0 aliphatic carbocycles. The van der Waals surface area contributed by atoms with Gasteiger partial charge in [-0.3, -0.25) is 5.41 Å². The Hall–Kier alpha value is -1.44. The van der Waals surface area contributed by atoms with Crippen molar-refractivity contribution in [1.29, 1.82) is 5.41 Å². The van der Waals surface area contributed by atoms with E-state index in [2.05, 4.69) is 4.72 Å². The summed E-state index contributed by atoms with van der Waals surface area (Å²) in [5.74, 6) is -0.0225. The standard InChI is InChI=1S/C13H20N4O2S/c14-13(15)12-6-4-5-11(9-12)10-16-20(18,19)17-7-2-1-3-8-17/h4-6,9,16H,1-3,7-8,10H2,(H3,14,15). The lowest BCUT2D eigenvalue weighted by Crippen LogP contribution is -2.43. The Balaban J connectivity index is 2.00. The van der Waals surface area contributed by atoms with Crippen LogP contribution < -0.4 is 10.5 Å². The highest BCUT2D eigenvalue weighted by molar-refractivity contribution is 7.87. The summed E-state index contributed by atoms with van der Waals surface area (Å²) in [4.78, 5) is 0. The van der Waals surface area contributed by atoms with Crippen LogP contribution in [0, 0.1) is 5.41 Å². The average Bonchev–Trinajstić information content (AvgIpc) is 2.46. The van der Waals surface area contributed by atoms with E-state index in [-0.39, 0.29) is 12.4 Å². The second kappa shape index (κ2) is 6.34. The van der Waals surface area contributed by atoms with E-state index in [0.29, 0.717) is 18.7 Å². The molecule has 2 rings (SSSR count). The smallest absolute Gasteiger partial charge is 0.279 e. The molecular formula is C13H20N4O2S. The van der Waals surface area contributed by atoms with E-state index < -0.39 is 10.2 Å². The molecule has 6 nitrogen and oxygen atoms in total. The van der Waals surface area contributed by atoms with Crippen molar-refractivity contribution < 1.29 is 8.42 Å². The molecule has 7 heteroatoms. The van der Waals surface area contributed by atoms with Crippen LogP contribution in [0.2, 0.25) is 0 Å². The van der Waals surface area contributed by atoms with Gasteiger partial charge in [-0.2, -0.15) is 17.4 Å². The number of benzene rings is 1. The highest BCUT2D eigenvalue weighted by atomic mass is 32.2. The van der Waals surface area contributed by atoms with Crippen LogP contribution in [0.5, 0.6) is 0 Å². The van der Waals surface area contributed by atoms with Gasteiger partial charge in [-0.05, 0) is 24.5 Å². The van der Waals surface area contributed by atoms with E-state index in [1.165, 1.54) is 4.31 Å². The minimum Gasteiger partial charge on any atom is -0.384 e. The van der Waals surface area contributed by atoms with Gasteiger partial charge in [0.25, 0.3) is 10.2 Å². The van der Waals surface area contributed by atoms with Gasteiger partial charge in [-0.15, -0.1) is 0 Å². The second-order valence-electron chi connectivity index (χ2n) is 4.90. The summed E-state index contributed by atoms with van der Waals surface area (Å²) in [6.45, 7) is 1.38. The lowest BCUT2D eigenvalue weighted by molar-refractivity contribution is 0.341. The Morgan fingerprint density at radius 1 is 1.30 bits per heavy atom. The van der Waals surface area contributed by atoms with Gasteiger partial charge in [0.15, 0.2) is 0 Å². The van der Waals surface area contributed by atoms with E-state index in [4.69, 9.17) is 11.1 Å². The first kappa shape index (κ1) is 15.0. The van der Waals surface area contributed by atoms with Crippen molar-refractivity contribution in [2.45, 2.75) is 25.8 Å². The van der Waals surface area contributed by atoms with E-state index in [1.807, 2.05) is 6.07 Å². The van der Waals surface area contributed by atoms with Crippen LogP contribution in [-0.4, -0.2) is 31.6 Å². The van der Waals surface area contributed by atoms with E-state index in [1.54, 1.807) is 18.2 Å². The third kappa shape index (κ3) is 3.78. The summed E-state index contributed by atoms with van der Waals surface area (Å²) < 4.78 is 28.3. The van der Waals surface area contributed by atoms with Crippen LogP contribution in [0.25, 0.3) is 0 Å². The van der Waals surface area contributed by atoms with Crippen molar-refractivity contribution >= 4 is 16.0 Å². The van der Waals surface area contributed by atoms with Crippen molar-refractivity contribution in [2.75, 3.05) is 13.1 Å². The van der Waals surface area contributed by atoms with Crippen LogP contribution >= 0.6 is 0 Å². The minimum atomic E-state index is -3.42. The SMILES string of the molecule is N=C(N)c1cccc(CNS(=O)(=O)N2CCCCC2)c1. The Kier molecular flexibility index (Phi) is 4.74. The molecule has 4 N–H and O–H groups in total. The van der Waals surface area contributed by atoms with E-state index >= 15 is 0 Å². The summed E-state index contributed by atoms with van der Waals surface area (Å²) in [7, 11) is -3.42. The number of amidine groups is 1. The topological polar surface area (TPSA) is 99.3 Å². The number of nitrogen functional groups attached to an aromatic ring is 1. The van der Waals surface area contributed by atoms with Crippen LogP contribution in [0.4, 0.5) is 0 Å². The molecule has 0 amide bonds. The molecule has 110 valence electrons. The molecule has 1 aromatic carbocycles. The quantitative estimate of drug-likeness (QED) is 0.553. The zero-order valence-corrected chi connectivity index (χ0v) is 12.1. The first-order valence-electron chi connectivity index (χ1n) is 6.67. The molecule has 0 atom stereocenters. The van der Waals surface area contributed by atoms with Gasteiger partial charge in [-0.25, -0.2) is 0 Å². The summed E-state index contributed by atoms with van der Waals surface area (Å²) in [5, 5.41) is 7.38. The Bertz CT molecular complexity index is 580. The fourth-order valence-electron chi connectivity index (χ4n) is 2.22. The Morgan fingerprint density at radius 3 is 2.65 bits per heavy atom. The van der Waals surface area contributed by atoms with Crippen molar-refractivity contribution in [2.24, 2.45) is 5.73 Å². The van der Waals surface area contributed by atoms with Gasteiger partial charge in [0.2, 0.25) is 0 Å². The van der Waals surface area contributed by atoms with E-state index in [9.17, 15) is 8.42 Å². The van der Waals surface area contributed by atoms with Gasteiger partial charge in [-0.1, -0.05) is 24.6 Å². The molecule has 0 aromatic heterocycles. The molecule has 0 saturated carbocycles. The number of hydrogen-bond acceptors (Lipinski definition) is 3. The van der Waals surface area contributed by atoms with Crippen LogP contribution in [-0.2, 0) is 16.8 Å². The van der Waals surface area contributed by atoms with Crippen LogP contribution in [0.1, 0.15) is 30.4 Å². The lowest BCUT2D eigenvalue weighted by Gasteiger charge is -2.25. The molecule has 1 saturated heterocycles. The summed E-state index contributed by atoms with van der Waals surface area (Å²) >= 11 is 0. The average molecular weight is 296 g/mol. The minimum absolute atomic E-state index is 0.0225. The maximum absolute atomic E-state index is 12.1. The molecule has 1 heterocycles. The first-order chi connectivity index (χ1) is 9.49. The molecule has 1 aliphatic heterocycles. The summed E-state index contributed by atoms with van der Waals surface area (Å²) in [5.41, 5.74) is 6.80. The molecular weight excluding hydrogens is 276 g/mol. The molecule has 20 heavy (non-hydrogen) atoms. The van der Waals surface area contributed by atoms with Crippen molar-refractivity contribution in [3.05, 3.63) is 35.4 Å². The monoisotopic (exact) mass is 296 g/mol. The Labute approximate surface area is 119 Å². The number of nitrogens with one attached hydrogen (secondary N) is 2.